The number of hydrogen-bond donors (Lipinski definition) is 2. The van der Waals surface area contributed by atoms with Gasteiger partial charge in [-0.05, 0) is 31.4 Å². The Bertz CT molecular complexity index is 543. The third kappa shape index (κ3) is 3.45. The Hall–Kier alpha value is -2.24. The first-order chi connectivity index (χ1) is 10.2. The summed E-state index contributed by atoms with van der Waals surface area (Å²) in [6, 6.07) is 5.78. The summed E-state index contributed by atoms with van der Waals surface area (Å²) in [5.41, 5.74) is 8.69. The van der Waals surface area contributed by atoms with Gasteiger partial charge in [-0.15, -0.1) is 0 Å². The molecule has 0 saturated carbocycles. The van der Waals surface area contributed by atoms with Crippen molar-refractivity contribution >= 4 is 17.5 Å². The van der Waals surface area contributed by atoms with Gasteiger partial charge in [0.2, 0.25) is 0 Å². The molecule has 1 aromatic rings. The van der Waals surface area contributed by atoms with Crippen molar-refractivity contribution in [3.63, 3.8) is 0 Å². The zero-order valence-corrected chi connectivity index (χ0v) is 12.2. The lowest BCUT2D eigenvalue weighted by atomic mass is 10.0. The number of benzene rings is 1. The van der Waals surface area contributed by atoms with Crippen LogP contribution in [0.1, 0.15) is 30.9 Å². The van der Waals surface area contributed by atoms with E-state index >= 15 is 0 Å². The maximum Gasteiger partial charge on any atom is 0.305 e. The van der Waals surface area contributed by atoms with E-state index in [0.717, 1.165) is 42.7 Å². The second-order valence-corrected chi connectivity index (χ2v) is 4.93. The van der Waals surface area contributed by atoms with E-state index in [4.69, 9.17) is 15.7 Å². The molecule has 21 heavy (non-hydrogen) atoms. The molecule has 114 valence electrons. The Labute approximate surface area is 124 Å². The Morgan fingerprint density at radius 3 is 3.05 bits per heavy atom. The van der Waals surface area contributed by atoms with E-state index in [1.807, 2.05) is 25.1 Å². The van der Waals surface area contributed by atoms with Crippen LogP contribution in [0.5, 0.6) is 0 Å². The van der Waals surface area contributed by atoms with E-state index in [2.05, 4.69) is 10.1 Å². The zero-order chi connectivity index (χ0) is 15.2. The minimum absolute atomic E-state index is 0.139. The van der Waals surface area contributed by atoms with Gasteiger partial charge in [0.25, 0.3) is 0 Å². The number of carbonyl (C=O) groups is 1. The predicted octanol–water partition coefficient (Wildman–Crippen LogP) is 1.49. The van der Waals surface area contributed by atoms with Gasteiger partial charge < -0.3 is 20.6 Å². The molecule has 1 aliphatic rings. The number of carbonyl (C=O) groups excluding carboxylic acids is 1. The molecule has 3 N–H and O–H groups in total. The fraction of sp³-hybridized carbons (Fsp3) is 0.467. The molecule has 1 aliphatic heterocycles. The van der Waals surface area contributed by atoms with Gasteiger partial charge in [-0.3, -0.25) is 4.79 Å². The summed E-state index contributed by atoms with van der Waals surface area (Å²) < 4.78 is 4.92. The summed E-state index contributed by atoms with van der Waals surface area (Å²) in [4.78, 5) is 13.6. The quantitative estimate of drug-likeness (QED) is 0.272. The van der Waals surface area contributed by atoms with E-state index < -0.39 is 0 Å². The van der Waals surface area contributed by atoms with E-state index in [-0.39, 0.29) is 11.8 Å². The van der Waals surface area contributed by atoms with Gasteiger partial charge in [0.15, 0.2) is 5.84 Å². The van der Waals surface area contributed by atoms with Crippen molar-refractivity contribution in [1.82, 2.24) is 0 Å². The zero-order valence-electron chi connectivity index (χ0n) is 12.2. The van der Waals surface area contributed by atoms with Crippen molar-refractivity contribution in [2.45, 2.75) is 26.2 Å². The lowest BCUT2D eigenvalue weighted by Gasteiger charge is -2.19. The highest BCUT2D eigenvalue weighted by Gasteiger charge is 2.22. The third-order valence-electron chi connectivity index (χ3n) is 3.62. The highest BCUT2D eigenvalue weighted by molar-refractivity contribution is 6.00. The van der Waals surface area contributed by atoms with Crippen molar-refractivity contribution < 1.29 is 14.7 Å². The van der Waals surface area contributed by atoms with Gasteiger partial charge in [0.1, 0.15) is 0 Å². The molecule has 0 atom stereocenters. The number of amidine groups is 1. The topological polar surface area (TPSA) is 88.2 Å². The first kappa shape index (κ1) is 15.2. The van der Waals surface area contributed by atoms with Gasteiger partial charge in [-0.2, -0.15) is 0 Å². The standard InChI is InChI=1S/C15H21N3O3/c1-2-21-14(19)7-4-9-18-10-8-11-12(15(16)17-20)5-3-6-13(11)18/h3,5-6,20H,2,4,7-10H2,1H3,(H2,16,17). The Kier molecular flexibility index (Phi) is 5.03. The molecule has 0 unspecified atom stereocenters. The maximum atomic E-state index is 11.3. The molecule has 0 amide bonds. The molecule has 0 saturated heterocycles. The minimum atomic E-state index is -0.151. The highest BCUT2D eigenvalue weighted by atomic mass is 16.5. The van der Waals surface area contributed by atoms with Crippen LogP contribution in [0.4, 0.5) is 5.69 Å². The Morgan fingerprint density at radius 2 is 2.33 bits per heavy atom. The fourth-order valence-electron chi connectivity index (χ4n) is 2.67. The molecule has 1 heterocycles. The second-order valence-electron chi connectivity index (χ2n) is 4.93. The molecule has 0 aromatic heterocycles. The molecule has 0 fully saturated rings. The molecule has 1 aromatic carbocycles. The van der Waals surface area contributed by atoms with Crippen molar-refractivity contribution in [1.29, 1.82) is 0 Å². The summed E-state index contributed by atoms with van der Waals surface area (Å²) in [6.07, 6.45) is 2.05. The highest BCUT2D eigenvalue weighted by Crippen LogP contribution is 2.30. The number of oxime groups is 1. The van der Waals surface area contributed by atoms with Gasteiger partial charge in [0.05, 0.1) is 6.61 Å². The molecule has 6 nitrogen and oxygen atoms in total. The molecule has 0 aliphatic carbocycles. The molecule has 0 radical (unpaired) electrons. The van der Waals surface area contributed by atoms with Crippen LogP contribution in [0, 0.1) is 0 Å². The normalized spacial score (nSPS) is 14.1. The fourth-order valence-corrected chi connectivity index (χ4v) is 2.67. The summed E-state index contributed by atoms with van der Waals surface area (Å²) in [6.45, 7) is 3.91. The SMILES string of the molecule is CCOC(=O)CCCN1CCc2c(/C(N)=N/O)cccc21. The first-order valence-corrected chi connectivity index (χ1v) is 7.17. The predicted molar refractivity (Wildman–Crippen MR) is 80.7 cm³/mol. The van der Waals surface area contributed by atoms with Gasteiger partial charge in [-0.1, -0.05) is 17.3 Å². The number of nitrogens with zero attached hydrogens (tertiary/aromatic N) is 2. The van der Waals surface area contributed by atoms with Crippen LogP contribution in [0.3, 0.4) is 0 Å². The van der Waals surface area contributed by atoms with E-state index in [9.17, 15) is 4.79 Å². The molecule has 6 heteroatoms. The summed E-state index contributed by atoms with van der Waals surface area (Å²) in [7, 11) is 0. The Balaban J connectivity index is 2.01. The van der Waals surface area contributed by atoms with Crippen molar-refractivity contribution in [3.8, 4) is 0 Å². The van der Waals surface area contributed by atoms with Crippen LogP contribution in [0.25, 0.3) is 0 Å². The van der Waals surface area contributed by atoms with E-state index in [1.165, 1.54) is 0 Å². The van der Waals surface area contributed by atoms with E-state index in [0.29, 0.717) is 13.0 Å². The lowest BCUT2D eigenvalue weighted by molar-refractivity contribution is -0.143. The maximum absolute atomic E-state index is 11.3. The number of rotatable bonds is 6. The van der Waals surface area contributed by atoms with Crippen LogP contribution in [0.2, 0.25) is 0 Å². The monoisotopic (exact) mass is 291 g/mol. The van der Waals surface area contributed by atoms with Crippen LogP contribution in [-0.4, -0.2) is 36.7 Å². The number of nitrogens with two attached hydrogens (primary N) is 1. The molecule has 2 rings (SSSR count). The molecule has 0 spiro atoms. The van der Waals surface area contributed by atoms with Crippen molar-refractivity contribution in [3.05, 3.63) is 29.3 Å². The minimum Gasteiger partial charge on any atom is -0.466 e. The number of fused-ring (bicyclic) bond motifs is 1. The average Bonchev–Trinajstić information content (AvgIpc) is 2.90. The smallest absolute Gasteiger partial charge is 0.305 e. The summed E-state index contributed by atoms with van der Waals surface area (Å²) >= 11 is 0. The molecular weight excluding hydrogens is 270 g/mol. The van der Waals surface area contributed by atoms with Crippen LogP contribution < -0.4 is 10.6 Å². The molecular formula is C15H21N3O3. The number of esters is 1. The largest absolute Gasteiger partial charge is 0.466 e. The number of anilines is 1. The second kappa shape index (κ2) is 6.97. The van der Waals surface area contributed by atoms with Crippen LogP contribution in [0.15, 0.2) is 23.4 Å². The lowest BCUT2D eigenvalue weighted by Crippen LogP contribution is -2.22. The summed E-state index contributed by atoms with van der Waals surface area (Å²) in [5, 5.41) is 11.9. The van der Waals surface area contributed by atoms with Crippen molar-refractivity contribution in [2.24, 2.45) is 10.9 Å². The Morgan fingerprint density at radius 1 is 1.52 bits per heavy atom. The van der Waals surface area contributed by atoms with Gasteiger partial charge in [0, 0.05) is 30.8 Å². The van der Waals surface area contributed by atoms with Crippen LogP contribution in [-0.2, 0) is 16.0 Å². The number of ether oxygens (including phenoxy) is 1. The number of hydrogen-bond acceptors (Lipinski definition) is 5. The van der Waals surface area contributed by atoms with Gasteiger partial charge >= 0.3 is 5.97 Å². The van der Waals surface area contributed by atoms with E-state index in [1.54, 1.807) is 0 Å². The van der Waals surface area contributed by atoms with Crippen LogP contribution >= 0.6 is 0 Å². The first-order valence-electron chi connectivity index (χ1n) is 7.17. The third-order valence-corrected chi connectivity index (χ3v) is 3.62. The van der Waals surface area contributed by atoms with Gasteiger partial charge in [-0.25, -0.2) is 0 Å². The average molecular weight is 291 g/mol. The van der Waals surface area contributed by atoms with Crippen molar-refractivity contribution in [2.75, 3.05) is 24.6 Å². The summed E-state index contributed by atoms with van der Waals surface area (Å²) in [5.74, 6) is -0.0115. The molecule has 0 bridgehead atoms.